The first kappa shape index (κ1) is 15.5. The van der Waals surface area contributed by atoms with Crippen molar-refractivity contribution >= 4 is 5.91 Å². The van der Waals surface area contributed by atoms with E-state index in [1.54, 1.807) is 7.11 Å². The fourth-order valence-electron chi connectivity index (χ4n) is 2.88. The second-order valence-electron chi connectivity index (χ2n) is 5.86. The van der Waals surface area contributed by atoms with Gasteiger partial charge in [0.2, 0.25) is 11.8 Å². The average molecular weight is 315 g/mol. The largest absolute Gasteiger partial charge is 0.497 e. The molecule has 0 aliphatic carbocycles. The van der Waals surface area contributed by atoms with E-state index in [1.807, 2.05) is 36.1 Å². The summed E-state index contributed by atoms with van der Waals surface area (Å²) in [7, 11) is 1.63. The highest BCUT2D eigenvalue weighted by molar-refractivity contribution is 5.78. The van der Waals surface area contributed by atoms with Gasteiger partial charge in [-0.25, -0.2) is 0 Å². The Balaban J connectivity index is 1.53. The molecule has 1 aliphatic heterocycles. The molecular weight excluding hydrogens is 294 g/mol. The number of carbonyl (C=O) groups is 1. The van der Waals surface area contributed by atoms with Gasteiger partial charge in [-0.15, -0.1) is 0 Å². The topological polar surface area (TPSA) is 68.5 Å². The van der Waals surface area contributed by atoms with Gasteiger partial charge in [-0.05, 0) is 37.5 Å². The number of amides is 1. The molecule has 23 heavy (non-hydrogen) atoms. The third-order valence-corrected chi connectivity index (χ3v) is 4.25. The van der Waals surface area contributed by atoms with Crippen LogP contribution >= 0.6 is 0 Å². The molecule has 1 aliphatic rings. The Morgan fingerprint density at radius 3 is 2.57 bits per heavy atom. The molecular formula is C17H21N3O3. The zero-order chi connectivity index (χ0) is 16.2. The van der Waals surface area contributed by atoms with Crippen LogP contribution in [0, 0.1) is 6.92 Å². The smallest absolute Gasteiger partial charge is 0.229 e. The lowest BCUT2D eigenvalue weighted by molar-refractivity contribution is -0.131. The number of aryl methyl sites for hydroxylation is 1. The number of likely N-dealkylation sites (tertiary alicyclic amines) is 1. The molecule has 0 saturated carbocycles. The van der Waals surface area contributed by atoms with Gasteiger partial charge in [0.05, 0.1) is 13.5 Å². The molecule has 6 nitrogen and oxygen atoms in total. The zero-order valence-corrected chi connectivity index (χ0v) is 13.5. The van der Waals surface area contributed by atoms with E-state index in [1.165, 1.54) is 0 Å². The number of methoxy groups -OCH3 is 1. The minimum atomic E-state index is 0.162. The van der Waals surface area contributed by atoms with Gasteiger partial charge >= 0.3 is 0 Å². The average Bonchev–Trinajstić information content (AvgIpc) is 3.02. The number of rotatable bonds is 4. The Labute approximate surface area is 135 Å². The first-order valence-electron chi connectivity index (χ1n) is 7.86. The maximum atomic E-state index is 12.4. The molecule has 6 heteroatoms. The minimum absolute atomic E-state index is 0.162. The normalized spacial score (nSPS) is 15.7. The van der Waals surface area contributed by atoms with E-state index in [-0.39, 0.29) is 11.8 Å². The SMILES string of the molecule is COc1ccc(CC(=O)N2CCC(c3nc(C)no3)CC2)cc1. The van der Waals surface area contributed by atoms with Gasteiger partial charge in [-0.2, -0.15) is 4.98 Å². The van der Waals surface area contributed by atoms with Crippen molar-refractivity contribution in [3.05, 3.63) is 41.5 Å². The molecule has 0 atom stereocenters. The Hall–Kier alpha value is -2.37. The molecule has 0 bridgehead atoms. The van der Waals surface area contributed by atoms with Gasteiger partial charge in [0.1, 0.15) is 5.75 Å². The van der Waals surface area contributed by atoms with E-state index < -0.39 is 0 Å². The van der Waals surface area contributed by atoms with Crippen molar-refractivity contribution in [2.24, 2.45) is 0 Å². The Bertz CT molecular complexity index is 658. The van der Waals surface area contributed by atoms with Gasteiger partial charge in [0.25, 0.3) is 0 Å². The lowest BCUT2D eigenvalue weighted by Crippen LogP contribution is -2.38. The number of piperidine rings is 1. The molecule has 1 saturated heterocycles. The molecule has 1 aromatic heterocycles. The van der Waals surface area contributed by atoms with Crippen LogP contribution in [0.2, 0.25) is 0 Å². The van der Waals surface area contributed by atoms with E-state index >= 15 is 0 Å². The van der Waals surface area contributed by atoms with Gasteiger partial charge in [0, 0.05) is 19.0 Å². The van der Waals surface area contributed by atoms with Crippen molar-refractivity contribution in [1.82, 2.24) is 15.0 Å². The first-order valence-corrected chi connectivity index (χ1v) is 7.86. The maximum Gasteiger partial charge on any atom is 0.229 e. The fourth-order valence-corrected chi connectivity index (χ4v) is 2.88. The highest BCUT2D eigenvalue weighted by atomic mass is 16.5. The molecule has 0 N–H and O–H groups in total. The zero-order valence-electron chi connectivity index (χ0n) is 13.5. The molecule has 0 radical (unpaired) electrons. The van der Waals surface area contributed by atoms with Crippen LogP contribution in [0.1, 0.15) is 36.0 Å². The summed E-state index contributed by atoms with van der Waals surface area (Å²) >= 11 is 0. The lowest BCUT2D eigenvalue weighted by atomic mass is 9.96. The summed E-state index contributed by atoms with van der Waals surface area (Å²) in [5.74, 6) is 2.59. The van der Waals surface area contributed by atoms with Gasteiger partial charge < -0.3 is 14.2 Å². The number of aromatic nitrogens is 2. The van der Waals surface area contributed by atoms with Crippen LogP contribution in [0.15, 0.2) is 28.8 Å². The lowest BCUT2D eigenvalue weighted by Gasteiger charge is -2.30. The van der Waals surface area contributed by atoms with Gasteiger partial charge in [-0.3, -0.25) is 4.79 Å². The summed E-state index contributed by atoms with van der Waals surface area (Å²) in [4.78, 5) is 18.6. The first-order chi connectivity index (χ1) is 11.2. The number of benzene rings is 1. The summed E-state index contributed by atoms with van der Waals surface area (Å²) in [6, 6.07) is 7.63. The van der Waals surface area contributed by atoms with E-state index in [2.05, 4.69) is 10.1 Å². The summed E-state index contributed by atoms with van der Waals surface area (Å²) in [5.41, 5.74) is 1.01. The highest BCUT2D eigenvalue weighted by Crippen LogP contribution is 2.27. The van der Waals surface area contributed by atoms with Crippen LogP contribution < -0.4 is 4.74 Å². The molecule has 0 unspecified atom stereocenters. The number of nitrogens with zero attached hydrogens (tertiary/aromatic N) is 3. The Kier molecular flexibility index (Phi) is 4.60. The van der Waals surface area contributed by atoms with Crippen LogP contribution in [0.25, 0.3) is 0 Å². The molecule has 2 aromatic rings. The maximum absolute atomic E-state index is 12.4. The summed E-state index contributed by atoms with van der Waals surface area (Å²) in [6.45, 7) is 3.29. The standard InChI is InChI=1S/C17H21N3O3/c1-12-18-17(23-19-12)14-7-9-20(10-8-14)16(21)11-13-3-5-15(22-2)6-4-13/h3-6,14H,7-11H2,1-2H3. The monoisotopic (exact) mass is 315 g/mol. The van der Waals surface area contributed by atoms with Gasteiger partial charge in [0.15, 0.2) is 5.82 Å². The summed E-state index contributed by atoms with van der Waals surface area (Å²) in [6.07, 6.45) is 2.17. The fraction of sp³-hybridized carbons (Fsp3) is 0.471. The van der Waals surface area contributed by atoms with E-state index in [0.29, 0.717) is 18.1 Å². The predicted molar refractivity (Wildman–Crippen MR) is 84.3 cm³/mol. The van der Waals surface area contributed by atoms with Crippen LogP contribution in [0.3, 0.4) is 0 Å². The van der Waals surface area contributed by atoms with E-state index in [0.717, 1.165) is 37.2 Å². The van der Waals surface area contributed by atoms with Crippen LogP contribution in [0.5, 0.6) is 5.75 Å². The third kappa shape index (κ3) is 3.70. The molecule has 1 aromatic carbocycles. The van der Waals surface area contributed by atoms with E-state index in [4.69, 9.17) is 9.26 Å². The predicted octanol–water partition coefficient (Wildman–Crippen LogP) is 2.34. The number of carbonyl (C=O) groups excluding carboxylic acids is 1. The van der Waals surface area contributed by atoms with Crippen LogP contribution in [-0.4, -0.2) is 41.1 Å². The van der Waals surface area contributed by atoms with Crippen molar-refractivity contribution in [3.63, 3.8) is 0 Å². The van der Waals surface area contributed by atoms with Crippen molar-refractivity contribution in [2.45, 2.75) is 32.1 Å². The number of hydrogen-bond donors (Lipinski definition) is 0. The van der Waals surface area contributed by atoms with Crippen molar-refractivity contribution < 1.29 is 14.1 Å². The van der Waals surface area contributed by atoms with Gasteiger partial charge in [-0.1, -0.05) is 17.3 Å². The second-order valence-corrected chi connectivity index (χ2v) is 5.86. The van der Waals surface area contributed by atoms with Crippen molar-refractivity contribution in [3.8, 4) is 5.75 Å². The quantitative estimate of drug-likeness (QED) is 0.866. The second kappa shape index (κ2) is 6.81. The Morgan fingerprint density at radius 2 is 2.00 bits per heavy atom. The molecule has 3 rings (SSSR count). The molecule has 122 valence electrons. The van der Waals surface area contributed by atoms with Crippen molar-refractivity contribution in [2.75, 3.05) is 20.2 Å². The third-order valence-electron chi connectivity index (χ3n) is 4.25. The number of hydrogen-bond acceptors (Lipinski definition) is 5. The minimum Gasteiger partial charge on any atom is -0.497 e. The summed E-state index contributed by atoms with van der Waals surface area (Å²) < 4.78 is 10.4. The summed E-state index contributed by atoms with van der Waals surface area (Å²) in [5, 5.41) is 3.84. The number of ether oxygens (including phenoxy) is 1. The van der Waals surface area contributed by atoms with E-state index in [9.17, 15) is 4.79 Å². The van der Waals surface area contributed by atoms with Crippen LogP contribution in [0.4, 0.5) is 0 Å². The van der Waals surface area contributed by atoms with Crippen molar-refractivity contribution in [1.29, 1.82) is 0 Å². The molecule has 2 heterocycles. The highest BCUT2D eigenvalue weighted by Gasteiger charge is 2.27. The van der Waals surface area contributed by atoms with Crippen LogP contribution in [-0.2, 0) is 11.2 Å². The molecule has 1 amide bonds. The Morgan fingerprint density at radius 1 is 1.30 bits per heavy atom. The molecule has 0 spiro atoms. The molecule has 1 fully saturated rings.